The van der Waals surface area contributed by atoms with E-state index in [1.807, 2.05) is 0 Å². The predicted molar refractivity (Wildman–Crippen MR) is 86.0 cm³/mol. The van der Waals surface area contributed by atoms with E-state index in [9.17, 15) is 9.59 Å². The highest BCUT2D eigenvalue weighted by Crippen LogP contribution is 2.29. The first-order chi connectivity index (χ1) is 10.4. The maximum atomic E-state index is 12.1. The van der Waals surface area contributed by atoms with Gasteiger partial charge in [-0.05, 0) is 25.2 Å². The number of aryl methyl sites for hydroxylation is 1. The Kier molecular flexibility index (Phi) is 5.44. The highest BCUT2D eigenvalue weighted by molar-refractivity contribution is 7.99. The van der Waals surface area contributed by atoms with E-state index < -0.39 is 5.56 Å². The molecule has 3 N–H and O–H groups in total. The van der Waals surface area contributed by atoms with Crippen LogP contribution in [0.1, 0.15) is 38.8 Å². The number of amides is 1. The zero-order valence-corrected chi connectivity index (χ0v) is 14.0. The summed E-state index contributed by atoms with van der Waals surface area (Å²) in [5, 5.41) is 10.9. The molecule has 1 aromatic rings. The van der Waals surface area contributed by atoms with Crippen molar-refractivity contribution in [3.05, 3.63) is 16.0 Å². The number of nitrogen functional groups attached to an aromatic ring is 1. The lowest BCUT2D eigenvalue weighted by Gasteiger charge is -2.34. The summed E-state index contributed by atoms with van der Waals surface area (Å²) in [6, 6.07) is 0.223. The third kappa shape index (κ3) is 3.79. The van der Waals surface area contributed by atoms with Gasteiger partial charge in [0.2, 0.25) is 11.1 Å². The molecule has 0 aliphatic heterocycles. The number of thioether (sulfide) groups is 1. The molecule has 0 bridgehead atoms. The van der Waals surface area contributed by atoms with Crippen molar-refractivity contribution >= 4 is 17.7 Å². The Morgan fingerprint density at radius 1 is 1.41 bits per heavy atom. The van der Waals surface area contributed by atoms with Gasteiger partial charge in [-0.15, -0.1) is 10.2 Å². The van der Waals surface area contributed by atoms with Crippen LogP contribution in [0.4, 0.5) is 0 Å². The van der Waals surface area contributed by atoms with Crippen molar-refractivity contribution in [2.45, 2.75) is 51.2 Å². The van der Waals surface area contributed by atoms with Crippen LogP contribution in [-0.2, 0) is 4.79 Å². The van der Waals surface area contributed by atoms with Crippen LogP contribution in [0.15, 0.2) is 9.95 Å². The molecule has 0 saturated heterocycles. The van der Waals surface area contributed by atoms with Crippen molar-refractivity contribution in [1.29, 1.82) is 0 Å². The maximum absolute atomic E-state index is 12.1. The highest BCUT2D eigenvalue weighted by atomic mass is 32.2. The zero-order valence-electron chi connectivity index (χ0n) is 13.2. The van der Waals surface area contributed by atoms with Crippen LogP contribution < -0.4 is 16.7 Å². The molecule has 1 heterocycles. The predicted octanol–water partition coefficient (Wildman–Crippen LogP) is 0.694. The average Bonchev–Trinajstić information content (AvgIpc) is 2.49. The van der Waals surface area contributed by atoms with Crippen LogP contribution in [-0.4, -0.2) is 32.6 Å². The van der Waals surface area contributed by atoms with Gasteiger partial charge in [-0.3, -0.25) is 9.59 Å². The van der Waals surface area contributed by atoms with E-state index >= 15 is 0 Å². The largest absolute Gasteiger partial charge is 0.352 e. The zero-order chi connectivity index (χ0) is 16.3. The molecule has 1 saturated carbocycles. The lowest BCUT2D eigenvalue weighted by Crippen LogP contribution is -2.44. The number of rotatable bonds is 4. The summed E-state index contributed by atoms with van der Waals surface area (Å²) in [6.07, 6.45) is 3.39. The molecule has 0 radical (unpaired) electrons. The minimum Gasteiger partial charge on any atom is -0.352 e. The smallest absolute Gasteiger partial charge is 0.294 e. The Morgan fingerprint density at radius 3 is 2.86 bits per heavy atom. The molecule has 1 aliphatic carbocycles. The number of nitrogens with zero attached hydrogens (tertiary/aromatic N) is 3. The van der Waals surface area contributed by atoms with Crippen LogP contribution in [0.5, 0.6) is 0 Å². The fourth-order valence-electron chi connectivity index (χ4n) is 2.73. The Hall–Kier alpha value is -1.57. The number of hydrogen-bond acceptors (Lipinski definition) is 6. The third-order valence-corrected chi connectivity index (χ3v) is 5.35. The molecule has 7 nitrogen and oxygen atoms in total. The minimum absolute atomic E-state index is 0.0641. The number of nitrogens with two attached hydrogens (primary N) is 1. The quantitative estimate of drug-likeness (QED) is 0.624. The topological polar surface area (TPSA) is 103 Å². The van der Waals surface area contributed by atoms with Crippen LogP contribution in [0.2, 0.25) is 0 Å². The Labute approximate surface area is 134 Å². The van der Waals surface area contributed by atoms with Gasteiger partial charge in [0.1, 0.15) is 5.69 Å². The Bertz CT molecular complexity index is 603. The van der Waals surface area contributed by atoms with E-state index in [0.717, 1.165) is 29.3 Å². The van der Waals surface area contributed by atoms with Crippen molar-refractivity contribution in [1.82, 2.24) is 20.2 Å². The van der Waals surface area contributed by atoms with Gasteiger partial charge in [-0.2, -0.15) is 4.68 Å². The summed E-state index contributed by atoms with van der Waals surface area (Å²) >= 11 is 1.12. The first-order valence-corrected chi connectivity index (χ1v) is 8.52. The normalized spacial score (nSPS) is 25.0. The van der Waals surface area contributed by atoms with Crippen molar-refractivity contribution < 1.29 is 4.79 Å². The summed E-state index contributed by atoms with van der Waals surface area (Å²) in [7, 11) is 0. The van der Waals surface area contributed by atoms with Crippen molar-refractivity contribution in [2.75, 3.05) is 11.6 Å². The van der Waals surface area contributed by atoms with E-state index in [1.54, 1.807) is 6.92 Å². The molecule has 3 atom stereocenters. The van der Waals surface area contributed by atoms with Crippen LogP contribution in [0, 0.1) is 18.8 Å². The molecule has 122 valence electrons. The van der Waals surface area contributed by atoms with Crippen LogP contribution in [0.25, 0.3) is 0 Å². The summed E-state index contributed by atoms with van der Waals surface area (Å²) in [6.45, 7) is 5.96. The first kappa shape index (κ1) is 16.8. The molecular weight excluding hydrogens is 302 g/mol. The fraction of sp³-hybridized carbons (Fsp3) is 0.714. The molecule has 0 aromatic carbocycles. The number of nitrogens with one attached hydrogen (secondary N) is 1. The highest BCUT2D eigenvalue weighted by Gasteiger charge is 2.28. The fourth-order valence-corrected chi connectivity index (χ4v) is 3.40. The maximum Gasteiger partial charge on any atom is 0.294 e. The van der Waals surface area contributed by atoms with E-state index in [1.165, 1.54) is 6.42 Å². The molecule has 1 aliphatic rings. The Balaban J connectivity index is 1.91. The van der Waals surface area contributed by atoms with Gasteiger partial charge in [0, 0.05) is 6.04 Å². The van der Waals surface area contributed by atoms with Gasteiger partial charge in [-0.25, -0.2) is 0 Å². The first-order valence-electron chi connectivity index (χ1n) is 7.53. The van der Waals surface area contributed by atoms with Gasteiger partial charge in [-0.1, -0.05) is 38.5 Å². The molecule has 1 fully saturated rings. The monoisotopic (exact) mass is 325 g/mol. The summed E-state index contributed by atoms with van der Waals surface area (Å²) in [5.74, 6) is 6.86. The second-order valence-electron chi connectivity index (χ2n) is 5.97. The standard InChI is InChI=1S/C14H23N5O2S/c1-8-5-4-6-11(9(8)2)16-12(20)7-22-14-18-17-10(3)13(21)19(14)15/h8-9,11H,4-7,15H2,1-3H3,(H,16,20)/t8-,9+,11+/m1/s1. The van der Waals surface area contributed by atoms with Crippen LogP contribution >= 0.6 is 11.8 Å². The third-order valence-electron chi connectivity index (χ3n) is 4.41. The van der Waals surface area contributed by atoms with E-state index in [0.29, 0.717) is 11.8 Å². The summed E-state index contributed by atoms with van der Waals surface area (Å²) < 4.78 is 0.936. The minimum atomic E-state index is -0.396. The molecule has 0 spiro atoms. The molecular formula is C14H23N5O2S. The average molecular weight is 325 g/mol. The lowest BCUT2D eigenvalue weighted by atomic mass is 9.78. The van der Waals surface area contributed by atoms with Gasteiger partial charge in [0.25, 0.3) is 5.56 Å². The number of aromatic nitrogens is 3. The van der Waals surface area contributed by atoms with Gasteiger partial charge < -0.3 is 11.2 Å². The van der Waals surface area contributed by atoms with Crippen molar-refractivity contribution in [3.63, 3.8) is 0 Å². The second kappa shape index (κ2) is 7.13. The molecule has 2 rings (SSSR count). The Morgan fingerprint density at radius 2 is 2.14 bits per heavy atom. The van der Waals surface area contributed by atoms with Crippen molar-refractivity contribution in [2.24, 2.45) is 11.8 Å². The van der Waals surface area contributed by atoms with Gasteiger partial charge in [0.15, 0.2) is 0 Å². The molecule has 22 heavy (non-hydrogen) atoms. The second-order valence-corrected chi connectivity index (χ2v) is 6.92. The molecule has 8 heteroatoms. The van der Waals surface area contributed by atoms with Gasteiger partial charge in [0.05, 0.1) is 5.75 Å². The molecule has 1 aromatic heterocycles. The lowest BCUT2D eigenvalue weighted by molar-refractivity contribution is -0.120. The summed E-state index contributed by atoms with van der Waals surface area (Å²) in [5.41, 5.74) is -0.158. The molecule has 0 unspecified atom stereocenters. The van der Waals surface area contributed by atoms with Crippen molar-refractivity contribution in [3.8, 4) is 0 Å². The van der Waals surface area contributed by atoms with Crippen LogP contribution in [0.3, 0.4) is 0 Å². The SMILES string of the molecule is Cc1nnc(SCC(=O)N[C@H]2CCC[C@@H](C)[C@@H]2C)n(N)c1=O. The van der Waals surface area contributed by atoms with E-state index in [2.05, 4.69) is 29.4 Å². The summed E-state index contributed by atoms with van der Waals surface area (Å²) in [4.78, 5) is 23.7. The van der Waals surface area contributed by atoms with Gasteiger partial charge >= 0.3 is 0 Å². The molecule has 1 amide bonds. The number of carbonyl (C=O) groups is 1. The van der Waals surface area contributed by atoms with E-state index in [-0.39, 0.29) is 28.6 Å². The number of carbonyl (C=O) groups excluding carboxylic acids is 1. The van der Waals surface area contributed by atoms with E-state index in [4.69, 9.17) is 5.84 Å². The number of hydrogen-bond donors (Lipinski definition) is 2.